The number of aryl methyl sites for hydroxylation is 1. The molecule has 2 nitrogen and oxygen atoms in total. The molecule has 1 fully saturated rings. The Morgan fingerprint density at radius 3 is 2.82 bits per heavy atom. The Kier molecular flexibility index (Phi) is 3.64. The topological polar surface area (TPSA) is 15.3 Å². The highest BCUT2D eigenvalue weighted by atomic mass is 35.5. The van der Waals surface area contributed by atoms with Gasteiger partial charge >= 0.3 is 0 Å². The zero-order valence-corrected chi connectivity index (χ0v) is 11.6. The van der Waals surface area contributed by atoms with E-state index >= 15 is 0 Å². The van der Waals surface area contributed by atoms with Crippen molar-refractivity contribution in [2.45, 2.75) is 32.7 Å². The number of rotatable bonds is 1. The third kappa shape index (κ3) is 2.75. The van der Waals surface area contributed by atoms with Crippen molar-refractivity contribution in [1.29, 1.82) is 0 Å². The first-order chi connectivity index (χ1) is 8.00. The van der Waals surface area contributed by atoms with Gasteiger partial charge in [0.05, 0.1) is 0 Å². The number of nitrogens with one attached hydrogen (secondary N) is 1. The summed E-state index contributed by atoms with van der Waals surface area (Å²) in [5, 5.41) is 4.28. The maximum Gasteiger partial charge on any atom is 0.0426 e. The van der Waals surface area contributed by atoms with Crippen LogP contribution in [0.1, 0.15) is 25.8 Å². The molecule has 17 heavy (non-hydrogen) atoms. The van der Waals surface area contributed by atoms with Crippen molar-refractivity contribution in [3.63, 3.8) is 0 Å². The van der Waals surface area contributed by atoms with Crippen molar-refractivity contribution in [3.05, 3.63) is 28.8 Å². The summed E-state index contributed by atoms with van der Waals surface area (Å²) in [6.45, 7) is 9.92. The van der Waals surface area contributed by atoms with Crippen LogP contribution in [0.2, 0.25) is 5.02 Å². The fraction of sp³-hybridized carbons (Fsp3) is 0.571. The van der Waals surface area contributed by atoms with E-state index in [2.05, 4.69) is 43.1 Å². The van der Waals surface area contributed by atoms with Crippen LogP contribution in [0.4, 0.5) is 5.69 Å². The van der Waals surface area contributed by atoms with Crippen LogP contribution < -0.4 is 10.2 Å². The van der Waals surface area contributed by atoms with Crippen molar-refractivity contribution in [2.24, 2.45) is 0 Å². The quantitative estimate of drug-likeness (QED) is 0.826. The molecule has 0 atom stereocenters. The van der Waals surface area contributed by atoms with E-state index in [0.717, 1.165) is 31.1 Å². The van der Waals surface area contributed by atoms with Gasteiger partial charge in [0, 0.05) is 29.3 Å². The zero-order chi connectivity index (χ0) is 12.5. The molecule has 0 aromatic heterocycles. The molecule has 2 rings (SSSR count). The number of hydrogen-bond acceptors (Lipinski definition) is 2. The summed E-state index contributed by atoms with van der Waals surface area (Å²) in [5.74, 6) is 0. The molecular weight excluding hydrogens is 232 g/mol. The van der Waals surface area contributed by atoms with Gasteiger partial charge in [-0.3, -0.25) is 0 Å². The van der Waals surface area contributed by atoms with Gasteiger partial charge in [0.1, 0.15) is 0 Å². The minimum Gasteiger partial charge on any atom is -0.365 e. The molecule has 1 aliphatic rings. The number of nitrogens with zero attached hydrogens (tertiary/aromatic N) is 1. The van der Waals surface area contributed by atoms with E-state index < -0.39 is 0 Å². The Labute approximate surface area is 109 Å². The fourth-order valence-corrected chi connectivity index (χ4v) is 2.63. The van der Waals surface area contributed by atoms with Crippen LogP contribution in [-0.2, 0) is 0 Å². The summed E-state index contributed by atoms with van der Waals surface area (Å²) in [6, 6.07) is 6.15. The van der Waals surface area contributed by atoms with Gasteiger partial charge in [-0.25, -0.2) is 0 Å². The minimum atomic E-state index is 0.180. The average molecular weight is 253 g/mol. The van der Waals surface area contributed by atoms with Crippen LogP contribution in [0, 0.1) is 6.92 Å². The van der Waals surface area contributed by atoms with Crippen molar-refractivity contribution < 1.29 is 0 Å². The standard InChI is InChI=1S/C14H21ClN2/c1-11-4-5-12(15)10-13(11)17-9-8-16-7-6-14(17,2)3/h4-5,10,16H,6-9H2,1-3H3. The van der Waals surface area contributed by atoms with Crippen LogP contribution in [-0.4, -0.2) is 25.2 Å². The van der Waals surface area contributed by atoms with E-state index in [1.807, 2.05) is 6.07 Å². The molecule has 0 unspecified atom stereocenters. The molecule has 1 aliphatic heterocycles. The summed E-state index contributed by atoms with van der Waals surface area (Å²) < 4.78 is 0. The summed E-state index contributed by atoms with van der Waals surface area (Å²) in [5.41, 5.74) is 2.74. The van der Waals surface area contributed by atoms with Gasteiger partial charge in [-0.15, -0.1) is 0 Å². The van der Waals surface area contributed by atoms with Crippen molar-refractivity contribution in [2.75, 3.05) is 24.5 Å². The van der Waals surface area contributed by atoms with Crippen LogP contribution in [0.15, 0.2) is 18.2 Å². The minimum absolute atomic E-state index is 0.180. The third-order valence-electron chi connectivity index (χ3n) is 3.62. The smallest absolute Gasteiger partial charge is 0.0426 e. The Balaban J connectivity index is 2.38. The number of hydrogen-bond donors (Lipinski definition) is 1. The molecule has 1 N–H and O–H groups in total. The number of benzene rings is 1. The van der Waals surface area contributed by atoms with Gasteiger partial charge in [0.25, 0.3) is 0 Å². The number of halogens is 1. The summed E-state index contributed by atoms with van der Waals surface area (Å²) in [6.07, 6.45) is 1.15. The Hall–Kier alpha value is -0.730. The molecule has 0 radical (unpaired) electrons. The van der Waals surface area contributed by atoms with Crippen LogP contribution >= 0.6 is 11.6 Å². The maximum absolute atomic E-state index is 6.13. The van der Waals surface area contributed by atoms with E-state index in [0.29, 0.717) is 0 Å². The monoisotopic (exact) mass is 252 g/mol. The van der Waals surface area contributed by atoms with Crippen LogP contribution in [0.25, 0.3) is 0 Å². The second-order valence-electron chi connectivity index (χ2n) is 5.39. The van der Waals surface area contributed by atoms with Crippen LogP contribution in [0.5, 0.6) is 0 Å². The van der Waals surface area contributed by atoms with Gasteiger partial charge in [-0.2, -0.15) is 0 Å². The molecule has 1 saturated heterocycles. The highest BCUT2D eigenvalue weighted by Crippen LogP contribution is 2.31. The first-order valence-corrected chi connectivity index (χ1v) is 6.63. The van der Waals surface area contributed by atoms with Crippen molar-refractivity contribution >= 4 is 17.3 Å². The molecular formula is C14H21ClN2. The molecule has 0 spiro atoms. The molecule has 0 amide bonds. The first kappa shape index (κ1) is 12.7. The number of anilines is 1. The Morgan fingerprint density at radius 2 is 2.06 bits per heavy atom. The van der Waals surface area contributed by atoms with E-state index in [9.17, 15) is 0 Å². The molecule has 1 aromatic rings. The Morgan fingerprint density at radius 1 is 1.29 bits per heavy atom. The summed E-state index contributed by atoms with van der Waals surface area (Å²) in [7, 11) is 0. The third-order valence-corrected chi connectivity index (χ3v) is 3.85. The van der Waals surface area contributed by atoms with Crippen molar-refractivity contribution in [1.82, 2.24) is 5.32 Å². The zero-order valence-electron chi connectivity index (χ0n) is 10.9. The first-order valence-electron chi connectivity index (χ1n) is 6.25. The normalized spacial score (nSPS) is 20.1. The molecule has 3 heteroatoms. The lowest BCUT2D eigenvalue weighted by atomic mass is 9.97. The van der Waals surface area contributed by atoms with Gasteiger partial charge < -0.3 is 10.2 Å². The molecule has 94 valence electrons. The van der Waals surface area contributed by atoms with Gasteiger partial charge in [0.15, 0.2) is 0 Å². The molecule has 0 bridgehead atoms. The predicted molar refractivity (Wildman–Crippen MR) is 75.1 cm³/mol. The van der Waals surface area contributed by atoms with Gasteiger partial charge in [-0.05, 0) is 51.4 Å². The van der Waals surface area contributed by atoms with Gasteiger partial charge in [0.2, 0.25) is 0 Å². The van der Waals surface area contributed by atoms with Crippen molar-refractivity contribution in [3.8, 4) is 0 Å². The lowest BCUT2D eigenvalue weighted by Crippen LogP contribution is -2.44. The van der Waals surface area contributed by atoms with E-state index in [-0.39, 0.29) is 5.54 Å². The SMILES string of the molecule is Cc1ccc(Cl)cc1N1CCNCCC1(C)C. The summed E-state index contributed by atoms with van der Waals surface area (Å²) >= 11 is 6.13. The predicted octanol–water partition coefficient (Wildman–Crippen LogP) is 3.23. The fourth-order valence-electron chi connectivity index (χ4n) is 2.47. The second-order valence-corrected chi connectivity index (χ2v) is 5.83. The molecule has 0 aliphatic carbocycles. The summed E-state index contributed by atoms with van der Waals surface area (Å²) in [4.78, 5) is 2.48. The van der Waals surface area contributed by atoms with Crippen LogP contribution in [0.3, 0.4) is 0 Å². The lowest BCUT2D eigenvalue weighted by Gasteiger charge is -2.39. The Bertz CT molecular complexity index is 401. The van der Waals surface area contributed by atoms with E-state index in [1.165, 1.54) is 11.3 Å². The van der Waals surface area contributed by atoms with Gasteiger partial charge in [-0.1, -0.05) is 17.7 Å². The highest BCUT2D eigenvalue weighted by Gasteiger charge is 2.29. The van der Waals surface area contributed by atoms with E-state index in [1.54, 1.807) is 0 Å². The molecule has 1 heterocycles. The molecule has 0 saturated carbocycles. The second kappa shape index (κ2) is 4.87. The molecule has 1 aromatic carbocycles. The lowest BCUT2D eigenvalue weighted by molar-refractivity contribution is 0.453. The van der Waals surface area contributed by atoms with E-state index in [4.69, 9.17) is 11.6 Å². The maximum atomic E-state index is 6.13. The highest BCUT2D eigenvalue weighted by molar-refractivity contribution is 6.30. The largest absolute Gasteiger partial charge is 0.365 e. The average Bonchev–Trinajstić information content (AvgIpc) is 2.43.